The molecule has 2 saturated carbocycles. The molecule has 1 aromatic carbocycles. The molecule has 3 rings (SSSR count). The van der Waals surface area contributed by atoms with Gasteiger partial charge < -0.3 is 5.32 Å². The van der Waals surface area contributed by atoms with Crippen molar-refractivity contribution in [1.82, 2.24) is 0 Å². The largest absolute Gasteiger partial charge is 0.380 e. The highest BCUT2D eigenvalue weighted by Crippen LogP contribution is 2.46. The zero-order valence-electron chi connectivity index (χ0n) is 11.1. The third-order valence-corrected chi connectivity index (χ3v) is 4.89. The van der Waals surface area contributed by atoms with Crippen molar-refractivity contribution in [2.45, 2.75) is 31.7 Å². The first-order valence-corrected chi connectivity index (χ1v) is 8.74. The minimum Gasteiger partial charge on any atom is -0.380 e. The van der Waals surface area contributed by atoms with Crippen molar-refractivity contribution in [1.29, 1.82) is 0 Å². The van der Waals surface area contributed by atoms with Crippen LogP contribution in [0.4, 0.5) is 11.4 Å². The van der Waals surface area contributed by atoms with E-state index in [1.807, 2.05) is 18.2 Å². The summed E-state index contributed by atoms with van der Waals surface area (Å²) < 4.78 is 25.3. The van der Waals surface area contributed by atoms with E-state index in [0.29, 0.717) is 11.7 Å². The number of fused-ring (bicyclic) bond motifs is 2. The highest BCUT2D eigenvalue weighted by molar-refractivity contribution is 7.92. The van der Waals surface area contributed by atoms with E-state index in [4.69, 9.17) is 0 Å². The standard InChI is InChI=1S/C14H20N2O2S/c1-19(17,18)16-13-5-3-2-4-12(13)15-14-9-10-6-7-11(14)8-10/h2-5,10-11,14-16H,6-9H2,1H3. The van der Waals surface area contributed by atoms with Crippen molar-refractivity contribution in [2.24, 2.45) is 11.8 Å². The Hall–Kier alpha value is -1.23. The van der Waals surface area contributed by atoms with Crippen molar-refractivity contribution in [3.8, 4) is 0 Å². The van der Waals surface area contributed by atoms with Gasteiger partial charge in [-0.2, -0.15) is 0 Å². The Balaban J connectivity index is 1.77. The van der Waals surface area contributed by atoms with Crippen LogP contribution in [0.5, 0.6) is 0 Å². The molecule has 4 nitrogen and oxygen atoms in total. The van der Waals surface area contributed by atoms with Crippen LogP contribution in [0.1, 0.15) is 25.7 Å². The molecule has 5 heteroatoms. The van der Waals surface area contributed by atoms with Gasteiger partial charge >= 0.3 is 0 Å². The maximum atomic E-state index is 11.4. The predicted molar refractivity (Wildman–Crippen MR) is 77.8 cm³/mol. The summed E-state index contributed by atoms with van der Waals surface area (Å²) in [6, 6.07) is 8.03. The van der Waals surface area contributed by atoms with E-state index >= 15 is 0 Å². The second-order valence-electron chi connectivity index (χ2n) is 5.85. The lowest BCUT2D eigenvalue weighted by atomic mass is 9.95. The minimum absolute atomic E-state index is 0.501. The molecule has 0 radical (unpaired) electrons. The SMILES string of the molecule is CS(=O)(=O)Nc1ccccc1NC1CC2CCC1C2. The molecule has 3 atom stereocenters. The lowest BCUT2D eigenvalue weighted by Crippen LogP contribution is -2.26. The first-order chi connectivity index (χ1) is 9.01. The molecule has 2 aliphatic carbocycles. The van der Waals surface area contributed by atoms with Crippen LogP contribution >= 0.6 is 0 Å². The number of nitrogens with one attached hydrogen (secondary N) is 2. The van der Waals surface area contributed by atoms with Gasteiger partial charge in [-0.3, -0.25) is 4.72 Å². The summed E-state index contributed by atoms with van der Waals surface area (Å²) in [5.41, 5.74) is 1.54. The molecule has 0 heterocycles. The van der Waals surface area contributed by atoms with Crippen LogP contribution in [0.15, 0.2) is 24.3 Å². The number of anilines is 2. The predicted octanol–water partition coefficient (Wildman–Crippen LogP) is 2.66. The van der Waals surface area contributed by atoms with Gasteiger partial charge in [0.1, 0.15) is 0 Å². The number of sulfonamides is 1. The summed E-state index contributed by atoms with van der Waals surface area (Å²) in [7, 11) is -3.23. The fourth-order valence-electron chi connectivity index (χ4n) is 3.52. The van der Waals surface area contributed by atoms with Crippen molar-refractivity contribution >= 4 is 21.4 Å². The molecule has 0 aliphatic heterocycles. The summed E-state index contributed by atoms with van der Waals surface area (Å²) in [5, 5.41) is 3.54. The van der Waals surface area contributed by atoms with E-state index in [2.05, 4.69) is 10.0 Å². The molecule has 2 fully saturated rings. The van der Waals surface area contributed by atoms with Crippen LogP contribution < -0.4 is 10.0 Å². The summed E-state index contributed by atoms with van der Waals surface area (Å²) in [4.78, 5) is 0. The third-order valence-electron chi connectivity index (χ3n) is 4.30. The van der Waals surface area contributed by atoms with E-state index in [-0.39, 0.29) is 0 Å². The van der Waals surface area contributed by atoms with Crippen LogP contribution in [-0.4, -0.2) is 20.7 Å². The quantitative estimate of drug-likeness (QED) is 0.891. The molecule has 2 N–H and O–H groups in total. The van der Waals surface area contributed by atoms with Gasteiger partial charge in [0.05, 0.1) is 17.6 Å². The Labute approximate surface area is 114 Å². The number of benzene rings is 1. The van der Waals surface area contributed by atoms with Crippen LogP contribution in [-0.2, 0) is 10.0 Å². The first kappa shape index (κ1) is 12.8. The maximum absolute atomic E-state index is 11.4. The molecule has 0 aromatic heterocycles. The summed E-state index contributed by atoms with van der Waals surface area (Å²) in [6.45, 7) is 0. The Kier molecular flexibility index (Phi) is 3.17. The van der Waals surface area contributed by atoms with Gasteiger partial charge in [-0.15, -0.1) is 0 Å². The van der Waals surface area contributed by atoms with E-state index in [0.717, 1.165) is 17.5 Å². The fraction of sp³-hybridized carbons (Fsp3) is 0.571. The fourth-order valence-corrected chi connectivity index (χ4v) is 4.10. The van der Waals surface area contributed by atoms with Gasteiger partial charge in [-0.25, -0.2) is 8.42 Å². The zero-order chi connectivity index (χ0) is 13.5. The first-order valence-electron chi connectivity index (χ1n) is 6.84. The average molecular weight is 280 g/mol. The van der Waals surface area contributed by atoms with Gasteiger partial charge in [0.2, 0.25) is 10.0 Å². The van der Waals surface area contributed by atoms with E-state index in [1.54, 1.807) is 6.07 Å². The van der Waals surface area contributed by atoms with Crippen molar-refractivity contribution in [3.05, 3.63) is 24.3 Å². The van der Waals surface area contributed by atoms with E-state index in [1.165, 1.54) is 31.9 Å². The highest BCUT2D eigenvalue weighted by Gasteiger charge is 2.39. The highest BCUT2D eigenvalue weighted by atomic mass is 32.2. The summed E-state index contributed by atoms with van der Waals surface area (Å²) in [6.07, 6.45) is 6.41. The Bertz CT molecular complexity index is 571. The molecule has 2 bridgehead atoms. The molecule has 1 aromatic rings. The van der Waals surface area contributed by atoms with Crippen LogP contribution in [0, 0.1) is 11.8 Å². The summed E-state index contributed by atoms with van der Waals surface area (Å²) >= 11 is 0. The second kappa shape index (κ2) is 4.71. The number of para-hydroxylation sites is 2. The van der Waals surface area contributed by atoms with Gasteiger partial charge in [0.25, 0.3) is 0 Å². The molecule has 2 aliphatic rings. The molecule has 0 saturated heterocycles. The Morgan fingerprint density at radius 3 is 2.42 bits per heavy atom. The van der Waals surface area contributed by atoms with Gasteiger partial charge in [-0.05, 0) is 43.2 Å². The molecule has 3 unspecified atom stereocenters. The van der Waals surface area contributed by atoms with Crippen LogP contribution in [0.3, 0.4) is 0 Å². The van der Waals surface area contributed by atoms with E-state index in [9.17, 15) is 8.42 Å². The van der Waals surface area contributed by atoms with Gasteiger partial charge in [-0.1, -0.05) is 18.6 Å². The number of hydrogen-bond donors (Lipinski definition) is 2. The van der Waals surface area contributed by atoms with Gasteiger partial charge in [0, 0.05) is 6.04 Å². The number of hydrogen-bond acceptors (Lipinski definition) is 3. The zero-order valence-corrected chi connectivity index (χ0v) is 11.9. The molecule has 19 heavy (non-hydrogen) atoms. The van der Waals surface area contributed by atoms with Crippen LogP contribution in [0.2, 0.25) is 0 Å². The summed E-state index contributed by atoms with van der Waals surface area (Å²) in [5.74, 6) is 1.63. The Morgan fingerprint density at radius 1 is 1.11 bits per heavy atom. The monoisotopic (exact) mass is 280 g/mol. The minimum atomic E-state index is -3.23. The number of rotatable bonds is 4. The normalized spacial score (nSPS) is 29.4. The molecular formula is C14H20N2O2S. The molecular weight excluding hydrogens is 260 g/mol. The molecule has 0 spiro atoms. The van der Waals surface area contributed by atoms with Gasteiger partial charge in [0.15, 0.2) is 0 Å². The second-order valence-corrected chi connectivity index (χ2v) is 7.59. The Morgan fingerprint density at radius 2 is 1.84 bits per heavy atom. The third kappa shape index (κ3) is 2.86. The van der Waals surface area contributed by atoms with Crippen LogP contribution in [0.25, 0.3) is 0 Å². The topological polar surface area (TPSA) is 58.2 Å². The average Bonchev–Trinajstić information content (AvgIpc) is 2.92. The smallest absolute Gasteiger partial charge is 0.229 e. The molecule has 104 valence electrons. The van der Waals surface area contributed by atoms with Crippen molar-refractivity contribution in [3.63, 3.8) is 0 Å². The maximum Gasteiger partial charge on any atom is 0.229 e. The lowest BCUT2D eigenvalue weighted by Gasteiger charge is -2.25. The lowest BCUT2D eigenvalue weighted by molar-refractivity contribution is 0.440. The van der Waals surface area contributed by atoms with Crippen molar-refractivity contribution in [2.75, 3.05) is 16.3 Å². The molecule has 0 amide bonds. The van der Waals surface area contributed by atoms with Crippen molar-refractivity contribution < 1.29 is 8.42 Å². The van der Waals surface area contributed by atoms with E-state index < -0.39 is 10.0 Å².